The smallest absolute Gasteiger partial charge is 0.243 e. The summed E-state index contributed by atoms with van der Waals surface area (Å²) in [6.07, 6.45) is 0. The zero-order valence-corrected chi connectivity index (χ0v) is 15.9. The van der Waals surface area contributed by atoms with Gasteiger partial charge in [-0.15, -0.1) is 0 Å². The van der Waals surface area contributed by atoms with Gasteiger partial charge in [-0.25, -0.2) is 8.42 Å². The van der Waals surface area contributed by atoms with E-state index >= 15 is 0 Å². The SMILES string of the molecule is CCOCCOc1ccc(S(=O)(=O)N(C)Cc2cccc(Cl)c2)cc1. The number of ether oxygens (including phenoxy) is 2. The van der Waals surface area contributed by atoms with E-state index in [0.29, 0.717) is 30.6 Å². The standard InChI is InChI=1S/C18H22ClNO4S/c1-3-23-11-12-24-17-7-9-18(10-8-17)25(21,22)20(2)14-15-5-4-6-16(19)13-15/h4-10,13H,3,11-12,14H2,1-2H3. The Morgan fingerprint density at radius 1 is 1.08 bits per heavy atom. The van der Waals surface area contributed by atoms with Crippen LogP contribution in [0.5, 0.6) is 5.75 Å². The number of rotatable bonds is 9. The minimum Gasteiger partial charge on any atom is -0.491 e. The van der Waals surface area contributed by atoms with Crippen LogP contribution in [0.15, 0.2) is 53.4 Å². The van der Waals surface area contributed by atoms with E-state index in [4.69, 9.17) is 21.1 Å². The number of sulfonamides is 1. The Kier molecular flexibility index (Phi) is 7.25. The highest BCUT2D eigenvalue weighted by Crippen LogP contribution is 2.21. The average Bonchev–Trinajstić information content (AvgIpc) is 2.59. The van der Waals surface area contributed by atoms with Crippen molar-refractivity contribution in [3.63, 3.8) is 0 Å². The quantitative estimate of drug-likeness (QED) is 0.621. The van der Waals surface area contributed by atoms with Gasteiger partial charge in [0.25, 0.3) is 0 Å². The Bertz CT molecular complexity index is 778. The first-order chi connectivity index (χ1) is 11.9. The highest BCUT2D eigenvalue weighted by atomic mass is 35.5. The first-order valence-electron chi connectivity index (χ1n) is 7.95. The van der Waals surface area contributed by atoms with E-state index in [9.17, 15) is 8.42 Å². The molecule has 0 atom stereocenters. The van der Waals surface area contributed by atoms with E-state index in [1.807, 2.05) is 13.0 Å². The summed E-state index contributed by atoms with van der Waals surface area (Å²) in [4.78, 5) is 0.217. The molecule has 2 rings (SSSR count). The molecule has 0 saturated heterocycles. The predicted octanol–water partition coefficient (Wildman–Crippen LogP) is 3.58. The molecule has 136 valence electrons. The molecule has 0 radical (unpaired) electrons. The monoisotopic (exact) mass is 383 g/mol. The molecule has 0 unspecified atom stereocenters. The third-order valence-corrected chi connectivity index (χ3v) is 5.58. The summed E-state index contributed by atoms with van der Waals surface area (Å²) in [6.45, 7) is 3.72. The lowest BCUT2D eigenvalue weighted by Crippen LogP contribution is -2.26. The van der Waals surface area contributed by atoms with Crippen LogP contribution in [0.2, 0.25) is 5.02 Å². The summed E-state index contributed by atoms with van der Waals surface area (Å²) in [5.74, 6) is 0.608. The lowest BCUT2D eigenvalue weighted by atomic mass is 10.2. The van der Waals surface area contributed by atoms with Gasteiger partial charge in [0, 0.05) is 25.2 Å². The molecule has 0 aromatic heterocycles. The molecule has 0 spiro atoms. The summed E-state index contributed by atoms with van der Waals surface area (Å²) >= 11 is 5.95. The predicted molar refractivity (Wildman–Crippen MR) is 98.5 cm³/mol. The molecular formula is C18H22ClNO4S. The number of hydrogen-bond acceptors (Lipinski definition) is 4. The topological polar surface area (TPSA) is 55.8 Å². The molecular weight excluding hydrogens is 362 g/mol. The Morgan fingerprint density at radius 3 is 2.44 bits per heavy atom. The van der Waals surface area contributed by atoms with E-state index in [2.05, 4.69) is 0 Å². The zero-order chi connectivity index (χ0) is 18.3. The molecule has 0 bridgehead atoms. The third kappa shape index (κ3) is 5.71. The van der Waals surface area contributed by atoms with Crippen molar-refractivity contribution in [1.29, 1.82) is 0 Å². The van der Waals surface area contributed by atoms with Crippen LogP contribution in [-0.2, 0) is 21.3 Å². The first-order valence-corrected chi connectivity index (χ1v) is 9.76. The van der Waals surface area contributed by atoms with Gasteiger partial charge in [0.05, 0.1) is 11.5 Å². The van der Waals surface area contributed by atoms with Crippen molar-refractivity contribution >= 4 is 21.6 Å². The van der Waals surface area contributed by atoms with Crippen molar-refractivity contribution in [1.82, 2.24) is 4.31 Å². The summed E-state index contributed by atoms with van der Waals surface area (Å²) in [5.41, 5.74) is 0.828. The lowest BCUT2D eigenvalue weighted by molar-refractivity contribution is 0.110. The van der Waals surface area contributed by atoms with Crippen LogP contribution in [-0.4, -0.2) is 39.6 Å². The molecule has 0 fully saturated rings. The van der Waals surface area contributed by atoms with E-state index in [1.54, 1.807) is 49.5 Å². The van der Waals surface area contributed by atoms with Gasteiger partial charge in [-0.3, -0.25) is 0 Å². The Balaban J connectivity index is 2.02. The van der Waals surface area contributed by atoms with E-state index < -0.39 is 10.0 Å². The summed E-state index contributed by atoms with van der Waals surface area (Å²) in [5, 5.41) is 0.580. The second-order valence-electron chi connectivity index (χ2n) is 5.41. The number of halogens is 1. The molecule has 0 aliphatic heterocycles. The largest absolute Gasteiger partial charge is 0.491 e. The molecule has 0 amide bonds. The van der Waals surface area contributed by atoms with Gasteiger partial charge in [0.15, 0.2) is 0 Å². The van der Waals surface area contributed by atoms with Gasteiger partial charge in [-0.05, 0) is 48.9 Å². The van der Waals surface area contributed by atoms with Gasteiger partial charge < -0.3 is 9.47 Å². The summed E-state index contributed by atoms with van der Waals surface area (Å²) in [6, 6.07) is 13.5. The zero-order valence-electron chi connectivity index (χ0n) is 14.3. The van der Waals surface area contributed by atoms with Gasteiger partial charge >= 0.3 is 0 Å². The molecule has 0 N–H and O–H groups in total. The molecule has 2 aromatic rings. The van der Waals surface area contributed by atoms with E-state index in [0.717, 1.165) is 5.56 Å². The molecule has 0 saturated carbocycles. The molecule has 0 aliphatic carbocycles. The number of hydrogen-bond donors (Lipinski definition) is 0. The Morgan fingerprint density at radius 2 is 1.80 bits per heavy atom. The third-order valence-electron chi connectivity index (χ3n) is 3.53. The van der Waals surface area contributed by atoms with Crippen molar-refractivity contribution in [2.45, 2.75) is 18.4 Å². The van der Waals surface area contributed by atoms with Crippen LogP contribution >= 0.6 is 11.6 Å². The van der Waals surface area contributed by atoms with Crippen molar-refractivity contribution in [3.8, 4) is 5.75 Å². The van der Waals surface area contributed by atoms with Crippen LogP contribution in [0.3, 0.4) is 0 Å². The van der Waals surface area contributed by atoms with Gasteiger partial charge in [0.1, 0.15) is 12.4 Å². The second kappa shape index (κ2) is 9.20. The van der Waals surface area contributed by atoms with Crippen LogP contribution < -0.4 is 4.74 Å². The molecule has 7 heteroatoms. The number of nitrogens with zero attached hydrogens (tertiary/aromatic N) is 1. The van der Waals surface area contributed by atoms with E-state index in [1.165, 1.54) is 4.31 Å². The van der Waals surface area contributed by atoms with Crippen molar-refractivity contribution < 1.29 is 17.9 Å². The Labute approximate surface area is 154 Å². The highest BCUT2D eigenvalue weighted by molar-refractivity contribution is 7.89. The fourth-order valence-electron chi connectivity index (χ4n) is 2.23. The van der Waals surface area contributed by atoms with Crippen molar-refractivity contribution in [2.75, 3.05) is 26.9 Å². The van der Waals surface area contributed by atoms with Gasteiger partial charge in [-0.2, -0.15) is 4.31 Å². The first kappa shape index (κ1) is 19.7. The van der Waals surface area contributed by atoms with Crippen LogP contribution in [0.25, 0.3) is 0 Å². The summed E-state index contributed by atoms with van der Waals surface area (Å²) in [7, 11) is -2.04. The molecule has 0 heterocycles. The van der Waals surface area contributed by atoms with Crippen molar-refractivity contribution in [3.05, 3.63) is 59.1 Å². The van der Waals surface area contributed by atoms with Crippen LogP contribution in [0.4, 0.5) is 0 Å². The summed E-state index contributed by atoms with van der Waals surface area (Å²) < 4.78 is 37.3. The molecule has 5 nitrogen and oxygen atoms in total. The molecule has 25 heavy (non-hydrogen) atoms. The van der Waals surface area contributed by atoms with Crippen LogP contribution in [0, 0.1) is 0 Å². The molecule has 2 aromatic carbocycles. The fraction of sp³-hybridized carbons (Fsp3) is 0.333. The normalized spacial score (nSPS) is 11.7. The maximum absolute atomic E-state index is 12.7. The minimum absolute atomic E-state index is 0.217. The average molecular weight is 384 g/mol. The van der Waals surface area contributed by atoms with Gasteiger partial charge in [-0.1, -0.05) is 23.7 Å². The van der Waals surface area contributed by atoms with Gasteiger partial charge in [0.2, 0.25) is 10.0 Å². The number of benzene rings is 2. The highest BCUT2D eigenvalue weighted by Gasteiger charge is 2.21. The Hall–Kier alpha value is -1.60. The van der Waals surface area contributed by atoms with E-state index in [-0.39, 0.29) is 11.4 Å². The van der Waals surface area contributed by atoms with Crippen LogP contribution in [0.1, 0.15) is 12.5 Å². The maximum Gasteiger partial charge on any atom is 0.243 e. The second-order valence-corrected chi connectivity index (χ2v) is 7.89. The maximum atomic E-state index is 12.7. The van der Waals surface area contributed by atoms with Crippen molar-refractivity contribution in [2.24, 2.45) is 0 Å². The lowest BCUT2D eigenvalue weighted by Gasteiger charge is -2.17. The molecule has 0 aliphatic rings. The fourth-order valence-corrected chi connectivity index (χ4v) is 3.60. The minimum atomic E-state index is -3.59.